The molecule has 0 bridgehead atoms. The topological polar surface area (TPSA) is 72.9 Å². The first-order valence-corrected chi connectivity index (χ1v) is 6.33. The molecule has 2 amide bonds. The van der Waals surface area contributed by atoms with Crippen LogP contribution in [0, 0.1) is 5.92 Å². The largest absolute Gasteiger partial charge is 0.480 e. The lowest BCUT2D eigenvalue weighted by molar-refractivity contribution is -0.141. The SMILES string of the molecule is CC(C(=O)O)N(C)C(=O)NCC1CCN(C)CC1. The maximum absolute atomic E-state index is 11.7. The first-order chi connectivity index (χ1) is 8.41. The molecule has 1 rings (SSSR count). The number of aliphatic carboxylic acids is 1. The summed E-state index contributed by atoms with van der Waals surface area (Å²) in [7, 11) is 3.60. The lowest BCUT2D eigenvalue weighted by Gasteiger charge is -2.30. The first-order valence-electron chi connectivity index (χ1n) is 6.33. The fourth-order valence-corrected chi connectivity index (χ4v) is 1.96. The van der Waals surface area contributed by atoms with E-state index in [1.807, 2.05) is 0 Å². The van der Waals surface area contributed by atoms with Crippen LogP contribution in [0.2, 0.25) is 0 Å². The number of hydrogen-bond donors (Lipinski definition) is 2. The van der Waals surface area contributed by atoms with Crippen molar-refractivity contribution in [3.8, 4) is 0 Å². The predicted octanol–water partition coefficient (Wildman–Crippen LogP) is 0.443. The Bertz CT molecular complexity index is 301. The lowest BCUT2D eigenvalue weighted by Crippen LogP contribution is -2.47. The minimum atomic E-state index is -0.994. The van der Waals surface area contributed by atoms with E-state index in [0.29, 0.717) is 12.5 Å². The van der Waals surface area contributed by atoms with Crippen LogP contribution in [0.15, 0.2) is 0 Å². The van der Waals surface area contributed by atoms with Crippen LogP contribution in [0.4, 0.5) is 4.79 Å². The molecule has 1 unspecified atom stereocenters. The number of piperidine rings is 1. The van der Waals surface area contributed by atoms with Gasteiger partial charge in [0.2, 0.25) is 0 Å². The summed E-state index contributed by atoms with van der Waals surface area (Å²) in [6, 6.07) is -1.12. The summed E-state index contributed by atoms with van der Waals surface area (Å²) >= 11 is 0. The van der Waals surface area contributed by atoms with Gasteiger partial charge in [-0.25, -0.2) is 9.59 Å². The van der Waals surface area contributed by atoms with Gasteiger partial charge in [-0.1, -0.05) is 0 Å². The van der Waals surface area contributed by atoms with Crippen molar-refractivity contribution in [2.75, 3.05) is 33.7 Å². The molecule has 0 aromatic heterocycles. The Hall–Kier alpha value is -1.30. The monoisotopic (exact) mass is 257 g/mol. The fraction of sp³-hybridized carbons (Fsp3) is 0.833. The second kappa shape index (κ2) is 6.58. The second-order valence-corrected chi connectivity index (χ2v) is 5.06. The summed E-state index contributed by atoms with van der Waals surface area (Å²) in [6.45, 7) is 4.24. The number of carbonyl (C=O) groups excluding carboxylic acids is 1. The highest BCUT2D eigenvalue weighted by Crippen LogP contribution is 2.14. The van der Waals surface area contributed by atoms with Crippen molar-refractivity contribution in [3.63, 3.8) is 0 Å². The van der Waals surface area contributed by atoms with Gasteiger partial charge in [0.15, 0.2) is 0 Å². The number of urea groups is 1. The van der Waals surface area contributed by atoms with Crippen LogP contribution >= 0.6 is 0 Å². The van der Waals surface area contributed by atoms with Crippen LogP contribution in [0.5, 0.6) is 0 Å². The average molecular weight is 257 g/mol. The number of hydrogen-bond acceptors (Lipinski definition) is 3. The highest BCUT2D eigenvalue weighted by atomic mass is 16.4. The normalized spacial score (nSPS) is 19.3. The molecule has 1 aliphatic rings. The number of carbonyl (C=O) groups is 2. The van der Waals surface area contributed by atoms with E-state index in [4.69, 9.17) is 5.11 Å². The number of carboxylic acids is 1. The predicted molar refractivity (Wildman–Crippen MR) is 68.5 cm³/mol. The molecular weight excluding hydrogens is 234 g/mol. The zero-order chi connectivity index (χ0) is 13.7. The minimum absolute atomic E-state index is 0.316. The van der Waals surface area contributed by atoms with Crippen molar-refractivity contribution in [2.24, 2.45) is 5.92 Å². The van der Waals surface area contributed by atoms with Gasteiger partial charge >= 0.3 is 12.0 Å². The van der Waals surface area contributed by atoms with Gasteiger partial charge in [0.1, 0.15) is 6.04 Å². The molecule has 1 saturated heterocycles. The Labute approximate surface area is 108 Å². The molecule has 0 aromatic rings. The summed E-state index contributed by atoms with van der Waals surface area (Å²) in [4.78, 5) is 26.0. The lowest BCUT2D eigenvalue weighted by atomic mass is 9.97. The van der Waals surface area contributed by atoms with Crippen molar-refractivity contribution in [3.05, 3.63) is 0 Å². The number of carboxylic acid groups (broad SMARTS) is 1. The van der Waals surface area contributed by atoms with Crippen LogP contribution in [0.25, 0.3) is 0 Å². The van der Waals surface area contributed by atoms with Crippen LogP contribution in [-0.2, 0) is 4.79 Å². The molecule has 104 valence electrons. The minimum Gasteiger partial charge on any atom is -0.480 e. The van der Waals surface area contributed by atoms with E-state index in [1.165, 1.54) is 18.9 Å². The Kier molecular flexibility index (Phi) is 5.40. The highest BCUT2D eigenvalue weighted by molar-refractivity contribution is 5.82. The number of nitrogens with zero attached hydrogens (tertiary/aromatic N) is 2. The maximum Gasteiger partial charge on any atom is 0.326 e. The number of rotatable bonds is 4. The van der Waals surface area contributed by atoms with E-state index in [2.05, 4.69) is 17.3 Å². The molecule has 18 heavy (non-hydrogen) atoms. The molecule has 1 fully saturated rings. The third-order valence-electron chi connectivity index (χ3n) is 3.64. The summed E-state index contributed by atoms with van der Waals surface area (Å²) in [5, 5.41) is 11.6. The Morgan fingerprint density at radius 3 is 2.50 bits per heavy atom. The highest BCUT2D eigenvalue weighted by Gasteiger charge is 2.23. The van der Waals surface area contributed by atoms with Gasteiger partial charge in [0.25, 0.3) is 0 Å². The zero-order valence-electron chi connectivity index (χ0n) is 11.3. The average Bonchev–Trinajstić information content (AvgIpc) is 2.35. The summed E-state index contributed by atoms with van der Waals surface area (Å²) < 4.78 is 0. The molecule has 6 nitrogen and oxygen atoms in total. The summed E-state index contributed by atoms with van der Waals surface area (Å²) in [6.07, 6.45) is 2.16. The Morgan fingerprint density at radius 2 is 2.00 bits per heavy atom. The quantitative estimate of drug-likeness (QED) is 0.766. The Morgan fingerprint density at radius 1 is 1.44 bits per heavy atom. The van der Waals surface area contributed by atoms with Crippen LogP contribution in [-0.4, -0.2) is 66.7 Å². The molecular formula is C12H23N3O3. The Balaban J connectivity index is 2.30. The van der Waals surface area contributed by atoms with Crippen molar-refractivity contribution < 1.29 is 14.7 Å². The zero-order valence-corrected chi connectivity index (χ0v) is 11.3. The van der Waals surface area contributed by atoms with Crippen molar-refractivity contribution in [1.29, 1.82) is 0 Å². The first kappa shape index (κ1) is 14.8. The molecule has 1 heterocycles. The van der Waals surface area contributed by atoms with Crippen molar-refractivity contribution >= 4 is 12.0 Å². The van der Waals surface area contributed by atoms with Crippen molar-refractivity contribution in [1.82, 2.24) is 15.1 Å². The van der Waals surface area contributed by atoms with E-state index in [-0.39, 0.29) is 6.03 Å². The van der Waals surface area contributed by atoms with Gasteiger partial charge in [0, 0.05) is 13.6 Å². The molecule has 0 radical (unpaired) electrons. The van der Waals surface area contributed by atoms with Crippen LogP contribution in [0.1, 0.15) is 19.8 Å². The third-order valence-corrected chi connectivity index (χ3v) is 3.64. The van der Waals surface area contributed by atoms with Crippen LogP contribution in [0.3, 0.4) is 0 Å². The van der Waals surface area contributed by atoms with E-state index in [1.54, 1.807) is 0 Å². The van der Waals surface area contributed by atoms with Crippen molar-refractivity contribution in [2.45, 2.75) is 25.8 Å². The third kappa shape index (κ3) is 4.18. The molecule has 1 aliphatic heterocycles. The fourth-order valence-electron chi connectivity index (χ4n) is 1.96. The van der Waals surface area contributed by atoms with Gasteiger partial charge in [-0.15, -0.1) is 0 Å². The van der Waals surface area contributed by atoms with Gasteiger partial charge in [-0.2, -0.15) is 0 Å². The van der Waals surface area contributed by atoms with E-state index in [9.17, 15) is 9.59 Å². The number of amides is 2. The molecule has 0 saturated carbocycles. The van der Waals surface area contributed by atoms with Gasteiger partial charge < -0.3 is 20.2 Å². The number of likely N-dealkylation sites (tertiary alicyclic amines) is 1. The van der Waals surface area contributed by atoms with E-state index >= 15 is 0 Å². The molecule has 0 aliphatic carbocycles. The molecule has 0 spiro atoms. The smallest absolute Gasteiger partial charge is 0.326 e. The van der Waals surface area contributed by atoms with Gasteiger partial charge in [-0.3, -0.25) is 0 Å². The van der Waals surface area contributed by atoms with Gasteiger partial charge in [0.05, 0.1) is 0 Å². The maximum atomic E-state index is 11.7. The van der Waals surface area contributed by atoms with E-state index in [0.717, 1.165) is 25.9 Å². The number of nitrogens with one attached hydrogen (secondary N) is 1. The van der Waals surface area contributed by atoms with Crippen LogP contribution < -0.4 is 5.32 Å². The molecule has 0 aromatic carbocycles. The second-order valence-electron chi connectivity index (χ2n) is 5.06. The molecule has 6 heteroatoms. The summed E-state index contributed by atoms with van der Waals surface area (Å²) in [5.41, 5.74) is 0. The standard InChI is InChI=1S/C12H23N3O3/c1-9(11(16)17)15(3)12(18)13-8-10-4-6-14(2)7-5-10/h9-10H,4-8H2,1-3H3,(H,13,18)(H,16,17). The molecule has 2 N–H and O–H groups in total. The van der Waals surface area contributed by atoms with Gasteiger partial charge in [-0.05, 0) is 45.8 Å². The summed E-state index contributed by atoms with van der Waals surface area (Å²) in [5.74, 6) is -0.495. The van der Waals surface area contributed by atoms with E-state index < -0.39 is 12.0 Å². The number of likely N-dealkylation sites (N-methyl/N-ethyl adjacent to an activating group) is 1. The molecule has 1 atom stereocenters.